The van der Waals surface area contributed by atoms with Gasteiger partial charge in [0.1, 0.15) is 29.9 Å². The highest BCUT2D eigenvalue weighted by molar-refractivity contribution is 7.99. The van der Waals surface area contributed by atoms with Crippen molar-refractivity contribution in [3.63, 3.8) is 0 Å². The van der Waals surface area contributed by atoms with Gasteiger partial charge < -0.3 is 34.9 Å². The van der Waals surface area contributed by atoms with Crippen molar-refractivity contribution >= 4 is 44.9 Å². The lowest BCUT2D eigenvalue weighted by Crippen LogP contribution is -2.65. The molecule has 2 saturated heterocycles. The Bertz CT molecular complexity index is 819. The van der Waals surface area contributed by atoms with Gasteiger partial charge >= 0.3 is 15.6 Å². The van der Waals surface area contributed by atoms with Crippen LogP contribution in [0.5, 0.6) is 0 Å². The molecule has 10 atom stereocenters. The number of likely N-dealkylation sites (N-methyl/N-ethyl adjacent to an activating group) is 1. The summed E-state index contributed by atoms with van der Waals surface area (Å²) in [5.41, 5.74) is -1.18. The van der Waals surface area contributed by atoms with Crippen molar-refractivity contribution in [3.8, 4) is 0 Å². The lowest BCUT2D eigenvalue weighted by molar-refractivity contribution is -0.201. The quantitative estimate of drug-likeness (QED) is 0.146. The van der Waals surface area contributed by atoms with E-state index in [1.54, 1.807) is 6.92 Å². The van der Waals surface area contributed by atoms with Crippen LogP contribution in [0.2, 0.25) is 0 Å². The fraction of sp³-hybridized carbons (Fsp3) is 0.944. The second-order valence-corrected chi connectivity index (χ2v) is 13.3. The van der Waals surface area contributed by atoms with E-state index in [2.05, 4.69) is 16.6 Å². The molecule has 0 aromatic heterocycles. The number of carbonyl (C=O) groups excluding carboxylic acids is 1. The van der Waals surface area contributed by atoms with E-state index in [9.17, 15) is 29.0 Å². The van der Waals surface area contributed by atoms with Gasteiger partial charge in [-0.3, -0.25) is 14.2 Å². The van der Waals surface area contributed by atoms with Crippen molar-refractivity contribution in [2.45, 2.75) is 80.4 Å². The van der Waals surface area contributed by atoms with Crippen LogP contribution in [0.3, 0.4) is 0 Å². The molecule has 2 rings (SSSR count). The maximum absolute atomic E-state index is 13.1. The number of hydrogen-bond acceptors (Lipinski definition) is 10. The van der Waals surface area contributed by atoms with E-state index in [1.807, 2.05) is 11.9 Å². The standard InChI is InChI=1S/C18H35ClN2O11P2S/c1-5-6-10-7-11(21(3)8-10)17(24)20-12(9(2)19)15-13(22)14(23)16(18(30-15)35-4)31-34(28,29)32-33(25,26)27/h9-16,18,22-23H,5-8H2,1-4H3,(H,20,24)(H,28,29)(H2,25,26,27)/t9-,10-,11+,12+,13+,14-,15+,16?,18+/m0/s1. The van der Waals surface area contributed by atoms with E-state index in [0.29, 0.717) is 12.3 Å². The Balaban J connectivity index is 2.17. The molecule has 1 amide bonds. The molecule has 0 aliphatic carbocycles. The number of alkyl halides is 1. The molecule has 0 bridgehead atoms. The molecule has 13 nitrogen and oxygen atoms in total. The summed E-state index contributed by atoms with van der Waals surface area (Å²) in [6.45, 7) is 4.44. The lowest BCUT2D eigenvalue weighted by Gasteiger charge is -2.45. The van der Waals surface area contributed by atoms with Gasteiger partial charge in [0.05, 0.1) is 17.5 Å². The fourth-order valence-electron chi connectivity index (χ4n) is 4.52. The fourth-order valence-corrected chi connectivity index (χ4v) is 7.30. The van der Waals surface area contributed by atoms with Crippen LogP contribution in [0.25, 0.3) is 0 Å². The number of nitrogens with zero attached hydrogens (tertiary/aromatic N) is 1. The molecule has 2 unspecified atom stereocenters. The van der Waals surface area contributed by atoms with Crippen molar-refractivity contribution < 1.29 is 52.4 Å². The van der Waals surface area contributed by atoms with E-state index < -0.39 is 63.0 Å². The minimum absolute atomic E-state index is 0.303. The predicted octanol–water partition coefficient (Wildman–Crippen LogP) is 0.623. The number of nitrogens with one attached hydrogen (secondary N) is 1. The molecular formula is C18H35ClN2O11P2S. The molecule has 2 aliphatic rings. The number of phosphoric ester groups is 1. The van der Waals surface area contributed by atoms with Crippen LogP contribution >= 0.6 is 39.0 Å². The van der Waals surface area contributed by atoms with E-state index in [-0.39, 0.29) is 5.91 Å². The highest BCUT2D eigenvalue weighted by atomic mass is 35.5. The van der Waals surface area contributed by atoms with Gasteiger partial charge in [-0.15, -0.1) is 23.4 Å². The molecule has 0 radical (unpaired) electrons. The second kappa shape index (κ2) is 12.8. The van der Waals surface area contributed by atoms with E-state index >= 15 is 0 Å². The number of thioether (sulfide) groups is 1. The van der Waals surface area contributed by atoms with E-state index in [4.69, 9.17) is 30.6 Å². The second-order valence-electron chi connectivity index (χ2n) is 8.85. The number of hydrogen-bond donors (Lipinski definition) is 6. The van der Waals surface area contributed by atoms with Crippen molar-refractivity contribution in [2.75, 3.05) is 19.8 Å². The molecule has 2 heterocycles. The normalized spacial score (nSPS) is 35.9. The Morgan fingerprint density at radius 3 is 2.43 bits per heavy atom. The van der Waals surface area contributed by atoms with Crippen LogP contribution in [0.4, 0.5) is 0 Å². The Kier molecular flexibility index (Phi) is 11.5. The number of halogens is 1. The molecule has 0 aromatic rings. The summed E-state index contributed by atoms with van der Waals surface area (Å²) in [4.78, 5) is 42.3. The minimum Gasteiger partial charge on any atom is -0.388 e. The zero-order valence-electron chi connectivity index (χ0n) is 19.8. The predicted molar refractivity (Wildman–Crippen MR) is 129 cm³/mol. The number of rotatable bonds is 11. The van der Waals surface area contributed by atoms with Gasteiger partial charge in [0.15, 0.2) is 0 Å². The molecule has 2 aliphatic heterocycles. The first kappa shape index (κ1) is 31.4. The lowest BCUT2D eigenvalue weighted by atomic mass is 9.92. The van der Waals surface area contributed by atoms with Gasteiger partial charge in [-0.05, 0) is 39.0 Å². The zero-order valence-corrected chi connectivity index (χ0v) is 23.2. The first-order chi connectivity index (χ1) is 16.1. The van der Waals surface area contributed by atoms with Crippen molar-refractivity contribution in [1.29, 1.82) is 0 Å². The number of aliphatic hydroxyl groups excluding tert-OH is 2. The SMILES string of the molecule is CCC[C@H]1C[C@H](C(=O)N[C@@H]([C@H]2O[C@H](SC)C(OP(=O)(O)OP(=O)(O)O)[C@@H](O)[C@H]2O)[C@H](C)Cl)N(C)C1. The largest absolute Gasteiger partial charge is 0.481 e. The van der Waals surface area contributed by atoms with Crippen molar-refractivity contribution in [2.24, 2.45) is 5.92 Å². The first-order valence-corrected chi connectivity index (χ1v) is 15.8. The summed E-state index contributed by atoms with van der Waals surface area (Å²) < 4.78 is 37.3. The Hall–Kier alpha value is 0.210. The van der Waals surface area contributed by atoms with Crippen LogP contribution < -0.4 is 5.32 Å². The minimum atomic E-state index is -5.40. The third-order valence-corrected chi connectivity index (χ3v) is 9.37. The third kappa shape index (κ3) is 8.61. The average Bonchev–Trinajstić information content (AvgIpc) is 3.08. The summed E-state index contributed by atoms with van der Waals surface area (Å²) >= 11 is 7.27. The number of aliphatic hydroxyl groups is 2. The smallest absolute Gasteiger partial charge is 0.388 e. The van der Waals surface area contributed by atoms with Gasteiger partial charge in [-0.25, -0.2) is 9.13 Å². The van der Waals surface area contributed by atoms with Crippen LogP contribution in [-0.4, -0.2) is 103 Å². The van der Waals surface area contributed by atoms with Crippen LogP contribution in [0.1, 0.15) is 33.1 Å². The van der Waals surface area contributed by atoms with Gasteiger partial charge in [-0.1, -0.05) is 13.3 Å². The number of amides is 1. The summed E-state index contributed by atoms with van der Waals surface area (Å²) in [6.07, 6.45) is -2.30. The number of likely N-dealkylation sites (tertiary alicyclic amines) is 1. The zero-order chi connectivity index (χ0) is 26.7. The van der Waals surface area contributed by atoms with E-state index in [0.717, 1.165) is 31.1 Å². The molecule has 17 heteroatoms. The van der Waals surface area contributed by atoms with Crippen molar-refractivity contribution in [1.82, 2.24) is 10.2 Å². The summed E-state index contributed by atoms with van der Waals surface area (Å²) in [7, 11) is -8.89. The molecule has 0 saturated carbocycles. The number of phosphoric acid groups is 2. The molecule has 35 heavy (non-hydrogen) atoms. The molecule has 206 valence electrons. The molecule has 2 fully saturated rings. The molecule has 0 aromatic carbocycles. The first-order valence-electron chi connectivity index (χ1n) is 11.1. The van der Waals surface area contributed by atoms with Crippen LogP contribution in [0, 0.1) is 5.92 Å². The van der Waals surface area contributed by atoms with E-state index in [1.165, 1.54) is 6.26 Å². The van der Waals surface area contributed by atoms with Gasteiger partial charge in [0.25, 0.3) is 0 Å². The van der Waals surface area contributed by atoms with Gasteiger partial charge in [-0.2, -0.15) is 4.31 Å². The molecule has 0 spiro atoms. The average molecular weight is 585 g/mol. The highest BCUT2D eigenvalue weighted by Crippen LogP contribution is 2.59. The Labute approximate surface area is 213 Å². The number of carbonyl (C=O) groups is 1. The van der Waals surface area contributed by atoms with Gasteiger partial charge in [0.2, 0.25) is 5.91 Å². The maximum atomic E-state index is 13.1. The summed E-state index contributed by atoms with van der Waals surface area (Å²) in [5.74, 6) is 0.0807. The summed E-state index contributed by atoms with van der Waals surface area (Å²) in [5, 5.41) is 23.5. The molecular weight excluding hydrogens is 550 g/mol. The third-order valence-electron chi connectivity index (χ3n) is 6.07. The Morgan fingerprint density at radius 1 is 1.29 bits per heavy atom. The maximum Gasteiger partial charge on any atom is 0.481 e. The van der Waals surface area contributed by atoms with Gasteiger partial charge in [0, 0.05) is 6.54 Å². The number of ether oxygens (including phenoxy) is 1. The summed E-state index contributed by atoms with van der Waals surface area (Å²) in [6, 6.07) is -1.34. The Morgan fingerprint density at radius 2 is 1.91 bits per heavy atom. The molecule has 6 N–H and O–H groups in total. The topological polar surface area (TPSA) is 195 Å². The van der Waals surface area contributed by atoms with Crippen LogP contribution in [-0.2, 0) is 27.5 Å². The monoisotopic (exact) mass is 584 g/mol. The highest BCUT2D eigenvalue weighted by Gasteiger charge is 2.52. The van der Waals surface area contributed by atoms with Crippen molar-refractivity contribution in [3.05, 3.63) is 0 Å². The van der Waals surface area contributed by atoms with Crippen LogP contribution in [0.15, 0.2) is 0 Å².